The van der Waals surface area contributed by atoms with Crippen molar-refractivity contribution < 1.29 is 38.2 Å². The molecule has 47 heavy (non-hydrogen) atoms. The molecule has 0 bridgehead atoms. The predicted molar refractivity (Wildman–Crippen MR) is 181 cm³/mol. The third-order valence-electron chi connectivity index (χ3n) is 5.69. The Hall–Kier alpha value is -3.62. The van der Waals surface area contributed by atoms with Crippen molar-refractivity contribution in [1.29, 1.82) is 0 Å². The topological polar surface area (TPSA) is 198 Å². The molecule has 0 saturated carbocycles. The summed E-state index contributed by atoms with van der Waals surface area (Å²) in [6, 6.07) is -0.0209. The van der Waals surface area contributed by atoms with Gasteiger partial charge in [0.2, 0.25) is 5.96 Å². The van der Waals surface area contributed by atoms with Crippen LogP contribution in [0.25, 0.3) is 0 Å². The zero-order valence-electron chi connectivity index (χ0n) is 30.3. The van der Waals surface area contributed by atoms with E-state index in [0.29, 0.717) is 32.5 Å². The molecule has 0 saturated heterocycles. The van der Waals surface area contributed by atoms with Gasteiger partial charge in [-0.25, -0.2) is 14.4 Å². The number of carbonyl (C=O) groups is 5. The third kappa shape index (κ3) is 28.3. The van der Waals surface area contributed by atoms with Gasteiger partial charge in [0, 0.05) is 25.7 Å². The lowest BCUT2D eigenvalue weighted by atomic mass is 10.2. The first-order chi connectivity index (χ1) is 21.7. The summed E-state index contributed by atoms with van der Waals surface area (Å²) in [5.41, 5.74) is -1.99. The van der Waals surface area contributed by atoms with Crippen LogP contribution in [-0.4, -0.2) is 91.6 Å². The highest BCUT2D eigenvalue weighted by Crippen LogP contribution is 2.09. The summed E-state index contributed by atoms with van der Waals surface area (Å²) in [5.74, 6) is -1.38. The maximum Gasteiger partial charge on any atom is 0.437 e. The number of guanidine groups is 1. The van der Waals surface area contributed by atoms with E-state index in [0.717, 1.165) is 45.2 Å². The molecule has 272 valence electrons. The minimum absolute atomic E-state index is 0.0209. The number of alkyl carbamates (subject to hydrolysis) is 2. The third-order valence-corrected chi connectivity index (χ3v) is 5.69. The minimum Gasteiger partial charge on any atom is -0.444 e. The number of amides is 5. The highest BCUT2D eigenvalue weighted by molar-refractivity contribution is 6.35. The number of rotatable bonds is 16. The van der Waals surface area contributed by atoms with E-state index in [2.05, 4.69) is 36.9 Å². The van der Waals surface area contributed by atoms with Gasteiger partial charge in [0.25, 0.3) is 0 Å². The maximum atomic E-state index is 12.2. The van der Waals surface area contributed by atoms with Gasteiger partial charge in [0.1, 0.15) is 16.8 Å². The molecule has 0 fully saturated rings. The molecule has 0 spiro atoms. The van der Waals surface area contributed by atoms with Crippen molar-refractivity contribution in [3.05, 3.63) is 0 Å². The van der Waals surface area contributed by atoms with E-state index in [1.54, 1.807) is 41.5 Å². The number of hydrogen-bond donors (Lipinski definition) is 6. The largest absolute Gasteiger partial charge is 0.444 e. The smallest absolute Gasteiger partial charge is 0.437 e. The zero-order valence-corrected chi connectivity index (χ0v) is 30.3. The molecule has 0 aromatic heterocycles. The molecule has 6 N–H and O–H groups in total. The van der Waals surface area contributed by atoms with E-state index < -0.39 is 46.9 Å². The van der Waals surface area contributed by atoms with Crippen molar-refractivity contribution in [3.63, 3.8) is 0 Å². The van der Waals surface area contributed by atoms with Gasteiger partial charge in [-0.05, 0) is 114 Å². The summed E-state index contributed by atoms with van der Waals surface area (Å²) < 4.78 is 15.7. The zero-order chi connectivity index (χ0) is 36.1. The molecule has 0 aromatic rings. The Morgan fingerprint density at radius 3 is 1.53 bits per heavy atom. The van der Waals surface area contributed by atoms with Crippen molar-refractivity contribution in [3.8, 4) is 0 Å². The first-order valence-electron chi connectivity index (χ1n) is 16.5. The lowest BCUT2D eigenvalue weighted by molar-refractivity contribution is -0.139. The van der Waals surface area contributed by atoms with Crippen LogP contribution in [0.4, 0.5) is 14.4 Å². The molecule has 0 aromatic carbocycles. The molecular weight excluding hydrogens is 610 g/mol. The minimum atomic E-state index is -0.847. The van der Waals surface area contributed by atoms with Gasteiger partial charge in [-0.15, -0.1) is 4.99 Å². The van der Waals surface area contributed by atoms with Crippen molar-refractivity contribution in [2.24, 2.45) is 4.99 Å². The fourth-order valence-corrected chi connectivity index (χ4v) is 3.66. The number of nitrogens with zero attached hydrogens (tertiary/aromatic N) is 1. The average Bonchev–Trinajstić information content (AvgIpc) is 2.87. The van der Waals surface area contributed by atoms with Crippen LogP contribution in [0, 0.1) is 0 Å². The van der Waals surface area contributed by atoms with E-state index in [9.17, 15) is 24.0 Å². The Morgan fingerprint density at radius 2 is 1.02 bits per heavy atom. The SMILES string of the molecule is CC(CCNCCCCNC(=O)C(=O)NCCCCCCN/C(=N/C(=O)OC(C)(C)C)NC(=O)OC(C)(C)C)NC(=O)OC(C)(C)C. The highest BCUT2D eigenvalue weighted by Gasteiger charge is 2.21. The second-order valence-electron chi connectivity index (χ2n) is 14.2. The summed E-state index contributed by atoms with van der Waals surface area (Å²) in [7, 11) is 0. The molecule has 0 rings (SSSR count). The summed E-state index contributed by atoms with van der Waals surface area (Å²) >= 11 is 0. The maximum absolute atomic E-state index is 12.2. The Kier molecular flexibility index (Phi) is 20.3. The van der Waals surface area contributed by atoms with E-state index >= 15 is 0 Å². The lowest BCUT2D eigenvalue weighted by Gasteiger charge is -2.22. The number of carbonyl (C=O) groups excluding carboxylic acids is 5. The standard InChI is InChI=1S/C32H61N7O8/c1-23(37-27(42)45-30(2,3)4)17-22-33-18-15-16-20-35-25(41)24(40)34-19-13-11-12-14-21-36-26(38-28(43)46-31(5,6)7)39-29(44)47-32(8,9)10/h23,33H,11-22H2,1-10H3,(H,34,40)(H,35,41)(H,37,42)(H2,36,38,39,43,44). The lowest BCUT2D eigenvalue weighted by Crippen LogP contribution is -2.44. The van der Waals surface area contributed by atoms with E-state index in [-0.39, 0.29) is 12.0 Å². The molecule has 0 radical (unpaired) electrons. The van der Waals surface area contributed by atoms with Crippen LogP contribution in [-0.2, 0) is 23.8 Å². The van der Waals surface area contributed by atoms with Crippen LogP contribution in [0.1, 0.15) is 114 Å². The van der Waals surface area contributed by atoms with Crippen LogP contribution in [0.5, 0.6) is 0 Å². The Labute approximate surface area is 280 Å². The molecule has 5 amide bonds. The van der Waals surface area contributed by atoms with Crippen LogP contribution in [0.3, 0.4) is 0 Å². The molecule has 15 nitrogen and oxygen atoms in total. The highest BCUT2D eigenvalue weighted by atomic mass is 16.6. The summed E-state index contributed by atoms with van der Waals surface area (Å²) in [4.78, 5) is 63.9. The quantitative estimate of drug-likeness (QED) is 0.0461. The van der Waals surface area contributed by atoms with Crippen LogP contribution >= 0.6 is 0 Å². The molecule has 0 aliphatic carbocycles. The molecule has 0 aliphatic heterocycles. The molecule has 0 aliphatic rings. The monoisotopic (exact) mass is 671 g/mol. The van der Waals surface area contributed by atoms with Gasteiger partial charge in [-0.1, -0.05) is 12.8 Å². The summed E-state index contributed by atoms with van der Waals surface area (Å²) in [6.07, 6.45) is 3.27. The average molecular weight is 672 g/mol. The number of unbranched alkanes of at least 4 members (excludes halogenated alkanes) is 4. The van der Waals surface area contributed by atoms with Crippen molar-refractivity contribution in [2.45, 2.75) is 137 Å². The molecule has 1 unspecified atom stereocenters. The Bertz CT molecular complexity index is 1010. The normalized spacial score (nSPS) is 12.8. The van der Waals surface area contributed by atoms with E-state index in [1.807, 2.05) is 27.7 Å². The van der Waals surface area contributed by atoms with Gasteiger partial charge >= 0.3 is 30.1 Å². The van der Waals surface area contributed by atoms with E-state index in [1.165, 1.54) is 0 Å². The summed E-state index contributed by atoms with van der Waals surface area (Å²) in [6.45, 7) is 20.4. The predicted octanol–water partition coefficient (Wildman–Crippen LogP) is 3.86. The van der Waals surface area contributed by atoms with E-state index in [4.69, 9.17) is 14.2 Å². The fraction of sp³-hybridized carbons (Fsp3) is 0.812. The van der Waals surface area contributed by atoms with Gasteiger partial charge in [0.15, 0.2) is 0 Å². The second-order valence-corrected chi connectivity index (χ2v) is 14.2. The molecule has 1 atom stereocenters. The Morgan fingerprint density at radius 1 is 0.574 bits per heavy atom. The van der Waals surface area contributed by atoms with Crippen LogP contribution in [0.2, 0.25) is 0 Å². The van der Waals surface area contributed by atoms with Gasteiger partial charge < -0.3 is 40.8 Å². The van der Waals surface area contributed by atoms with Gasteiger partial charge in [0.05, 0.1) is 0 Å². The van der Waals surface area contributed by atoms with Crippen LogP contribution in [0.15, 0.2) is 4.99 Å². The second kappa shape index (κ2) is 22.0. The Balaban J connectivity index is 4.09. The van der Waals surface area contributed by atoms with Gasteiger partial charge in [-0.2, -0.15) is 0 Å². The number of ether oxygens (including phenoxy) is 3. The number of nitrogens with one attached hydrogen (secondary N) is 6. The fourth-order valence-electron chi connectivity index (χ4n) is 3.66. The van der Waals surface area contributed by atoms with Crippen molar-refractivity contribution in [1.82, 2.24) is 31.9 Å². The number of hydrogen-bond acceptors (Lipinski definition) is 9. The number of aliphatic imine (C=N–C) groups is 1. The molecular formula is C32H61N7O8. The van der Waals surface area contributed by atoms with Gasteiger partial charge in [-0.3, -0.25) is 14.9 Å². The molecule has 15 heteroatoms. The van der Waals surface area contributed by atoms with Crippen molar-refractivity contribution in [2.75, 3.05) is 32.7 Å². The first-order valence-corrected chi connectivity index (χ1v) is 16.5. The molecule has 0 heterocycles. The first kappa shape index (κ1) is 43.4. The summed E-state index contributed by atoms with van der Waals surface area (Å²) in [5, 5.41) is 16.7. The van der Waals surface area contributed by atoms with Crippen LogP contribution < -0.4 is 31.9 Å². The van der Waals surface area contributed by atoms with Crippen molar-refractivity contribution >= 4 is 36.1 Å².